The molecule has 0 saturated heterocycles. The number of aliphatic hydroxyl groups excluding tert-OH is 1. The number of aliphatic hydroxyl groups is 1. The second-order valence-electron chi connectivity index (χ2n) is 4.58. The van der Waals surface area contributed by atoms with Crippen LogP contribution >= 0.6 is 0 Å². The molecular weight excluding hydrogens is 246 g/mol. The van der Waals surface area contributed by atoms with Crippen molar-refractivity contribution in [2.75, 3.05) is 6.61 Å². The van der Waals surface area contributed by atoms with Gasteiger partial charge in [0.25, 0.3) is 0 Å². The maximum Gasteiger partial charge on any atom is 0.0935 e. The van der Waals surface area contributed by atoms with Crippen molar-refractivity contribution in [1.82, 2.24) is 4.57 Å². The first-order valence-corrected chi connectivity index (χ1v) is 6.65. The lowest BCUT2D eigenvalue weighted by Crippen LogP contribution is -2.03. The Bertz CT molecular complexity index is 775. The summed E-state index contributed by atoms with van der Waals surface area (Å²) in [4.78, 5) is 0. The van der Waals surface area contributed by atoms with Gasteiger partial charge in [0.2, 0.25) is 0 Å². The van der Waals surface area contributed by atoms with Gasteiger partial charge in [0, 0.05) is 23.0 Å². The van der Waals surface area contributed by atoms with Crippen molar-refractivity contribution < 1.29 is 5.11 Å². The normalized spacial score (nSPS) is 10.2. The number of hydrogen-bond acceptors (Lipinski definition) is 1. The molecule has 0 aliphatic carbocycles. The van der Waals surface area contributed by atoms with E-state index in [0.717, 1.165) is 22.2 Å². The molecule has 0 saturated carbocycles. The van der Waals surface area contributed by atoms with Gasteiger partial charge in [0.05, 0.1) is 12.3 Å². The summed E-state index contributed by atoms with van der Waals surface area (Å²) in [6.45, 7) is 0.672. The fraction of sp³-hybridized carbons (Fsp3) is 0.111. The predicted octanol–water partition coefficient (Wildman–Crippen LogP) is 3.03. The van der Waals surface area contributed by atoms with Crippen LogP contribution in [0, 0.1) is 11.8 Å². The maximum absolute atomic E-state index is 9.24. The summed E-state index contributed by atoms with van der Waals surface area (Å²) < 4.78 is 2.06. The molecule has 98 valence electrons. The van der Waals surface area contributed by atoms with E-state index >= 15 is 0 Å². The van der Waals surface area contributed by atoms with Gasteiger partial charge in [-0.1, -0.05) is 42.3 Å². The van der Waals surface area contributed by atoms with E-state index in [1.54, 1.807) is 0 Å². The second kappa shape index (κ2) is 5.64. The summed E-state index contributed by atoms with van der Waals surface area (Å²) in [6, 6.07) is 20.1. The van der Waals surface area contributed by atoms with Crippen LogP contribution < -0.4 is 0 Å². The smallest absolute Gasteiger partial charge is 0.0935 e. The van der Waals surface area contributed by atoms with Crippen LogP contribution in [0.4, 0.5) is 0 Å². The molecule has 0 radical (unpaired) electrons. The van der Waals surface area contributed by atoms with E-state index < -0.39 is 0 Å². The van der Waals surface area contributed by atoms with E-state index in [9.17, 15) is 5.11 Å². The van der Waals surface area contributed by atoms with Crippen molar-refractivity contribution in [3.05, 3.63) is 71.9 Å². The number of rotatable bonds is 2. The van der Waals surface area contributed by atoms with E-state index in [0.29, 0.717) is 6.54 Å². The second-order valence-corrected chi connectivity index (χ2v) is 4.58. The molecule has 3 aromatic rings. The van der Waals surface area contributed by atoms with Crippen LogP contribution in [0.2, 0.25) is 0 Å². The van der Waals surface area contributed by atoms with Crippen LogP contribution in [0.3, 0.4) is 0 Å². The molecule has 0 bridgehead atoms. The number of benzene rings is 2. The molecule has 1 N–H and O–H groups in total. The largest absolute Gasteiger partial charge is 0.395 e. The first-order chi connectivity index (χ1) is 9.88. The standard InChI is InChI=1S/C18H15NO/c20-13-12-19-17(11-10-15-6-2-1-3-7-15)14-16-8-4-5-9-18(16)19/h1-9,14,20H,12-13H2. The highest BCUT2D eigenvalue weighted by Gasteiger charge is 2.05. The molecule has 0 atom stereocenters. The highest BCUT2D eigenvalue weighted by atomic mass is 16.3. The van der Waals surface area contributed by atoms with Gasteiger partial charge in [0.15, 0.2) is 0 Å². The zero-order valence-corrected chi connectivity index (χ0v) is 11.1. The van der Waals surface area contributed by atoms with Crippen LogP contribution in [0.15, 0.2) is 60.7 Å². The Morgan fingerprint density at radius 1 is 0.900 bits per heavy atom. The lowest BCUT2D eigenvalue weighted by atomic mass is 10.2. The number of para-hydroxylation sites is 1. The molecule has 2 aromatic carbocycles. The molecule has 3 rings (SSSR count). The van der Waals surface area contributed by atoms with Crippen LogP contribution in [-0.2, 0) is 6.54 Å². The molecule has 0 spiro atoms. The van der Waals surface area contributed by atoms with Crippen molar-refractivity contribution >= 4 is 10.9 Å². The average molecular weight is 261 g/mol. The fourth-order valence-electron chi connectivity index (χ4n) is 2.31. The number of nitrogens with zero attached hydrogens (tertiary/aromatic N) is 1. The van der Waals surface area contributed by atoms with Crippen molar-refractivity contribution in [3.63, 3.8) is 0 Å². The maximum atomic E-state index is 9.24. The Kier molecular flexibility index (Phi) is 3.54. The molecule has 1 heterocycles. The third-order valence-electron chi connectivity index (χ3n) is 3.24. The van der Waals surface area contributed by atoms with Crippen LogP contribution in [-0.4, -0.2) is 16.3 Å². The monoisotopic (exact) mass is 261 g/mol. The average Bonchev–Trinajstić information content (AvgIpc) is 2.85. The van der Waals surface area contributed by atoms with Gasteiger partial charge in [-0.3, -0.25) is 0 Å². The first kappa shape index (κ1) is 12.5. The van der Waals surface area contributed by atoms with Gasteiger partial charge in [-0.2, -0.15) is 0 Å². The highest BCUT2D eigenvalue weighted by Crippen LogP contribution is 2.19. The van der Waals surface area contributed by atoms with Crippen LogP contribution in [0.25, 0.3) is 10.9 Å². The predicted molar refractivity (Wildman–Crippen MR) is 81.4 cm³/mol. The Morgan fingerprint density at radius 3 is 2.45 bits per heavy atom. The Labute approximate surface area is 118 Å². The fourth-order valence-corrected chi connectivity index (χ4v) is 2.31. The van der Waals surface area contributed by atoms with E-state index in [1.807, 2.05) is 42.5 Å². The summed E-state index contributed by atoms with van der Waals surface area (Å²) in [6.07, 6.45) is 0. The molecular formula is C18H15NO. The van der Waals surface area contributed by atoms with E-state index in [2.05, 4.69) is 34.6 Å². The Hall–Kier alpha value is -2.50. The minimum atomic E-state index is 0.110. The van der Waals surface area contributed by atoms with Crippen LogP contribution in [0.5, 0.6) is 0 Å². The molecule has 0 unspecified atom stereocenters. The van der Waals surface area contributed by atoms with Gasteiger partial charge in [-0.15, -0.1) is 0 Å². The minimum Gasteiger partial charge on any atom is -0.395 e. The molecule has 0 amide bonds. The van der Waals surface area contributed by atoms with Gasteiger partial charge in [-0.25, -0.2) is 0 Å². The SMILES string of the molecule is OCCn1c(C#Cc2ccccc2)cc2ccccc21. The molecule has 0 fully saturated rings. The van der Waals surface area contributed by atoms with Crippen molar-refractivity contribution in [3.8, 4) is 11.8 Å². The van der Waals surface area contributed by atoms with Gasteiger partial charge < -0.3 is 9.67 Å². The molecule has 2 heteroatoms. The molecule has 2 nitrogen and oxygen atoms in total. The quantitative estimate of drug-likeness (QED) is 0.705. The lowest BCUT2D eigenvalue weighted by molar-refractivity contribution is 0.277. The summed E-state index contributed by atoms with van der Waals surface area (Å²) in [5.74, 6) is 6.37. The number of hydrogen-bond donors (Lipinski definition) is 1. The Balaban J connectivity index is 2.07. The third kappa shape index (κ3) is 2.45. The summed E-state index contributed by atoms with van der Waals surface area (Å²) >= 11 is 0. The number of aromatic nitrogens is 1. The zero-order valence-electron chi connectivity index (χ0n) is 11.1. The van der Waals surface area contributed by atoms with Crippen molar-refractivity contribution in [2.45, 2.75) is 6.54 Å². The summed E-state index contributed by atoms with van der Waals surface area (Å²) in [5.41, 5.74) is 3.04. The molecule has 1 aromatic heterocycles. The first-order valence-electron chi connectivity index (χ1n) is 6.65. The van der Waals surface area contributed by atoms with Gasteiger partial charge >= 0.3 is 0 Å². The van der Waals surface area contributed by atoms with Crippen molar-refractivity contribution in [2.24, 2.45) is 0 Å². The van der Waals surface area contributed by atoms with Crippen molar-refractivity contribution in [1.29, 1.82) is 0 Å². The highest BCUT2D eigenvalue weighted by molar-refractivity contribution is 5.82. The minimum absolute atomic E-state index is 0.110. The zero-order chi connectivity index (χ0) is 13.8. The molecule has 0 aliphatic rings. The van der Waals surface area contributed by atoms with Crippen LogP contribution in [0.1, 0.15) is 11.3 Å². The summed E-state index contributed by atoms with van der Waals surface area (Å²) in [5, 5.41) is 10.4. The van der Waals surface area contributed by atoms with Gasteiger partial charge in [-0.05, 0) is 30.2 Å². The lowest BCUT2D eigenvalue weighted by Gasteiger charge is -2.04. The number of fused-ring (bicyclic) bond motifs is 1. The topological polar surface area (TPSA) is 25.2 Å². The third-order valence-corrected chi connectivity index (χ3v) is 3.24. The van der Waals surface area contributed by atoms with Gasteiger partial charge in [0.1, 0.15) is 0 Å². The van der Waals surface area contributed by atoms with E-state index in [4.69, 9.17) is 0 Å². The Morgan fingerprint density at radius 2 is 1.65 bits per heavy atom. The summed E-state index contributed by atoms with van der Waals surface area (Å²) in [7, 11) is 0. The molecule has 0 aliphatic heterocycles. The molecule has 20 heavy (non-hydrogen) atoms. The van der Waals surface area contributed by atoms with E-state index in [1.165, 1.54) is 0 Å². The van der Waals surface area contributed by atoms with E-state index in [-0.39, 0.29) is 6.61 Å².